The van der Waals surface area contributed by atoms with Gasteiger partial charge in [0.2, 0.25) is 5.91 Å². The molecule has 0 spiro atoms. The van der Waals surface area contributed by atoms with Crippen molar-refractivity contribution in [1.82, 2.24) is 5.32 Å². The first-order valence-electron chi connectivity index (χ1n) is 4.49. The van der Waals surface area contributed by atoms with Gasteiger partial charge in [-0.25, -0.2) is 4.79 Å². The predicted octanol–water partition coefficient (Wildman–Crippen LogP) is -0.0776. The van der Waals surface area contributed by atoms with Gasteiger partial charge in [-0.3, -0.25) is 4.79 Å². The van der Waals surface area contributed by atoms with E-state index in [0.717, 1.165) is 31.6 Å². The van der Waals surface area contributed by atoms with E-state index in [0.29, 0.717) is 6.54 Å². The number of carbonyl (C=O) groups is 2. The lowest BCUT2D eigenvalue weighted by Crippen LogP contribution is -2.30. The molecule has 1 atom stereocenters. The normalized spacial score (nSPS) is 21.3. The number of nitrogens with one attached hydrogen (secondary N) is 1. The molecular weight excluding hydrogens is 186 g/mol. The molecule has 0 aliphatic carbocycles. The molecule has 5 nitrogen and oxygen atoms in total. The summed E-state index contributed by atoms with van der Waals surface area (Å²) in [5.41, 5.74) is 0. The van der Waals surface area contributed by atoms with Crippen LogP contribution >= 0.6 is 0 Å². The minimum absolute atomic E-state index is 0.0807. The fourth-order valence-electron chi connectivity index (χ4n) is 1.23. The highest BCUT2D eigenvalue weighted by molar-refractivity contribution is 5.93. The zero-order valence-corrected chi connectivity index (χ0v) is 7.73. The smallest absolute Gasteiger partial charge is 0.328 e. The Hall–Kier alpha value is -1.36. The van der Waals surface area contributed by atoms with Crippen molar-refractivity contribution in [1.29, 1.82) is 0 Å². The Bertz CT molecular complexity index is 243. The molecule has 0 saturated carbocycles. The number of carboxylic acids is 1. The second-order valence-electron chi connectivity index (χ2n) is 3.05. The summed E-state index contributed by atoms with van der Waals surface area (Å²) in [4.78, 5) is 21.1. The van der Waals surface area contributed by atoms with Crippen molar-refractivity contribution in [2.45, 2.75) is 18.9 Å². The maximum Gasteiger partial charge on any atom is 0.328 e. The first kappa shape index (κ1) is 10.7. The summed E-state index contributed by atoms with van der Waals surface area (Å²) in [6, 6.07) is 0. The zero-order valence-electron chi connectivity index (χ0n) is 7.73. The molecule has 5 heteroatoms. The summed E-state index contributed by atoms with van der Waals surface area (Å²) < 4.78 is 5.27. The third kappa shape index (κ3) is 4.04. The molecule has 0 bridgehead atoms. The lowest BCUT2D eigenvalue weighted by atomic mass is 10.2. The average molecular weight is 199 g/mol. The summed E-state index contributed by atoms with van der Waals surface area (Å²) in [5.74, 6) is -1.53. The molecule has 1 saturated heterocycles. The Morgan fingerprint density at radius 2 is 2.29 bits per heavy atom. The second kappa shape index (κ2) is 5.39. The van der Waals surface area contributed by atoms with E-state index in [1.807, 2.05) is 0 Å². The third-order valence-electron chi connectivity index (χ3n) is 1.91. The van der Waals surface area contributed by atoms with Crippen LogP contribution in [0.5, 0.6) is 0 Å². The molecule has 1 rings (SSSR count). The van der Waals surface area contributed by atoms with Crippen molar-refractivity contribution in [2.24, 2.45) is 0 Å². The standard InChI is InChI=1S/C9H13NO4/c11-8(3-4-9(12)13)10-6-7-2-1-5-14-7/h3-4,7H,1-2,5-6H2,(H,10,11)(H,12,13)/t7-/m1/s1. The van der Waals surface area contributed by atoms with Gasteiger partial charge in [-0.2, -0.15) is 0 Å². The van der Waals surface area contributed by atoms with Gasteiger partial charge >= 0.3 is 5.97 Å². The number of amides is 1. The SMILES string of the molecule is O=C(O)C=CC(=O)NC[C@H]1CCCO1. The van der Waals surface area contributed by atoms with E-state index in [4.69, 9.17) is 9.84 Å². The molecule has 1 fully saturated rings. The molecule has 0 aromatic carbocycles. The van der Waals surface area contributed by atoms with Crippen LogP contribution in [0.4, 0.5) is 0 Å². The highest BCUT2D eigenvalue weighted by Crippen LogP contribution is 2.10. The van der Waals surface area contributed by atoms with Gasteiger partial charge < -0.3 is 15.2 Å². The lowest BCUT2D eigenvalue weighted by molar-refractivity contribution is -0.131. The Morgan fingerprint density at radius 3 is 2.86 bits per heavy atom. The van der Waals surface area contributed by atoms with Crippen LogP contribution in [0.1, 0.15) is 12.8 Å². The summed E-state index contributed by atoms with van der Waals surface area (Å²) in [7, 11) is 0. The first-order chi connectivity index (χ1) is 6.68. The van der Waals surface area contributed by atoms with Crippen LogP contribution in [-0.2, 0) is 14.3 Å². The van der Waals surface area contributed by atoms with Gasteiger partial charge in [-0.05, 0) is 12.8 Å². The van der Waals surface area contributed by atoms with E-state index in [2.05, 4.69) is 5.32 Å². The Balaban J connectivity index is 2.17. The lowest BCUT2D eigenvalue weighted by Gasteiger charge is -2.08. The van der Waals surface area contributed by atoms with Gasteiger partial charge in [-0.15, -0.1) is 0 Å². The van der Waals surface area contributed by atoms with Gasteiger partial charge in [0, 0.05) is 25.3 Å². The second-order valence-corrected chi connectivity index (χ2v) is 3.05. The van der Waals surface area contributed by atoms with E-state index in [1.54, 1.807) is 0 Å². The third-order valence-corrected chi connectivity index (χ3v) is 1.91. The molecule has 0 radical (unpaired) electrons. The molecule has 0 aromatic rings. The molecule has 1 aliphatic heterocycles. The van der Waals surface area contributed by atoms with Crippen molar-refractivity contribution >= 4 is 11.9 Å². The van der Waals surface area contributed by atoms with Crippen molar-refractivity contribution in [2.75, 3.05) is 13.2 Å². The fourth-order valence-corrected chi connectivity index (χ4v) is 1.23. The highest BCUT2D eigenvalue weighted by atomic mass is 16.5. The van der Waals surface area contributed by atoms with E-state index < -0.39 is 11.9 Å². The number of ether oxygens (including phenoxy) is 1. The average Bonchev–Trinajstić information content (AvgIpc) is 2.63. The molecule has 1 aliphatic rings. The van der Waals surface area contributed by atoms with E-state index in [1.165, 1.54) is 0 Å². The summed E-state index contributed by atoms with van der Waals surface area (Å²) in [5, 5.41) is 10.8. The van der Waals surface area contributed by atoms with Crippen LogP contribution in [0.15, 0.2) is 12.2 Å². The largest absolute Gasteiger partial charge is 0.478 e. The molecule has 0 aromatic heterocycles. The summed E-state index contributed by atoms with van der Waals surface area (Å²) >= 11 is 0. The molecular formula is C9H13NO4. The minimum atomic E-state index is -1.13. The Morgan fingerprint density at radius 1 is 1.50 bits per heavy atom. The molecule has 1 amide bonds. The van der Waals surface area contributed by atoms with Gasteiger partial charge in [0.15, 0.2) is 0 Å². The fraction of sp³-hybridized carbons (Fsp3) is 0.556. The van der Waals surface area contributed by atoms with Crippen LogP contribution < -0.4 is 5.32 Å². The van der Waals surface area contributed by atoms with Gasteiger partial charge in [-0.1, -0.05) is 0 Å². The maximum absolute atomic E-state index is 11.0. The molecule has 1 heterocycles. The highest BCUT2D eigenvalue weighted by Gasteiger charge is 2.15. The van der Waals surface area contributed by atoms with Gasteiger partial charge in [0.1, 0.15) is 0 Å². The van der Waals surface area contributed by atoms with Crippen molar-refractivity contribution < 1.29 is 19.4 Å². The van der Waals surface area contributed by atoms with Gasteiger partial charge in [0.05, 0.1) is 6.10 Å². The van der Waals surface area contributed by atoms with Crippen LogP contribution in [0.25, 0.3) is 0 Å². The summed E-state index contributed by atoms with van der Waals surface area (Å²) in [6.07, 6.45) is 3.86. The summed E-state index contributed by atoms with van der Waals surface area (Å²) in [6.45, 7) is 1.19. The van der Waals surface area contributed by atoms with Crippen molar-refractivity contribution in [3.05, 3.63) is 12.2 Å². The monoisotopic (exact) mass is 199 g/mol. The van der Waals surface area contributed by atoms with Crippen molar-refractivity contribution in [3.63, 3.8) is 0 Å². The molecule has 2 N–H and O–H groups in total. The first-order valence-corrected chi connectivity index (χ1v) is 4.49. The molecule has 14 heavy (non-hydrogen) atoms. The van der Waals surface area contributed by atoms with Crippen molar-refractivity contribution in [3.8, 4) is 0 Å². The van der Waals surface area contributed by atoms with Crippen LogP contribution in [0.3, 0.4) is 0 Å². The number of carbonyl (C=O) groups excluding carboxylic acids is 1. The van der Waals surface area contributed by atoms with Crippen LogP contribution in [-0.4, -0.2) is 36.2 Å². The topological polar surface area (TPSA) is 75.6 Å². The van der Waals surface area contributed by atoms with E-state index in [9.17, 15) is 9.59 Å². The zero-order chi connectivity index (χ0) is 10.4. The number of hydrogen-bond donors (Lipinski definition) is 2. The minimum Gasteiger partial charge on any atom is -0.478 e. The Labute approximate surface area is 81.7 Å². The van der Waals surface area contributed by atoms with E-state index in [-0.39, 0.29) is 6.10 Å². The predicted molar refractivity (Wildman–Crippen MR) is 48.8 cm³/mol. The molecule has 78 valence electrons. The maximum atomic E-state index is 11.0. The number of aliphatic carboxylic acids is 1. The number of carboxylic acid groups (broad SMARTS) is 1. The van der Waals surface area contributed by atoms with Crippen LogP contribution in [0.2, 0.25) is 0 Å². The number of rotatable bonds is 4. The number of hydrogen-bond acceptors (Lipinski definition) is 3. The van der Waals surface area contributed by atoms with Gasteiger partial charge in [0.25, 0.3) is 0 Å². The van der Waals surface area contributed by atoms with Crippen LogP contribution in [0, 0.1) is 0 Å². The Kier molecular flexibility index (Phi) is 4.12. The van der Waals surface area contributed by atoms with E-state index >= 15 is 0 Å². The molecule has 0 unspecified atom stereocenters. The quantitative estimate of drug-likeness (QED) is 0.621.